The predicted octanol–water partition coefficient (Wildman–Crippen LogP) is 2.55. The lowest BCUT2D eigenvalue weighted by Gasteiger charge is -2.01. The van der Waals surface area contributed by atoms with Crippen LogP contribution in [-0.2, 0) is 9.05 Å². The third-order valence-electron chi connectivity index (χ3n) is 1.25. The van der Waals surface area contributed by atoms with Crippen LogP contribution in [0, 0.1) is 11.6 Å². The van der Waals surface area contributed by atoms with Crippen molar-refractivity contribution in [2.45, 2.75) is 4.90 Å². The molecule has 1 aromatic carbocycles. The summed E-state index contributed by atoms with van der Waals surface area (Å²) in [6, 6.07) is 1.62. The van der Waals surface area contributed by atoms with Crippen molar-refractivity contribution in [1.29, 1.82) is 0 Å². The Hall–Kier alpha value is -0.390. The minimum atomic E-state index is -4.36. The van der Waals surface area contributed by atoms with Crippen molar-refractivity contribution in [3.05, 3.63) is 28.8 Å². The molecule has 2 nitrogen and oxygen atoms in total. The second-order valence-electron chi connectivity index (χ2n) is 2.11. The predicted molar refractivity (Wildman–Crippen MR) is 44.4 cm³/mol. The van der Waals surface area contributed by atoms with Gasteiger partial charge in [-0.3, -0.25) is 0 Å². The smallest absolute Gasteiger partial charge is 0.207 e. The first-order valence-corrected chi connectivity index (χ1v) is 5.61. The maximum absolute atomic E-state index is 12.8. The summed E-state index contributed by atoms with van der Waals surface area (Å²) in [6.45, 7) is 0. The van der Waals surface area contributed by atoms with Gasteiger partial charge < -0.3 is 0 Å². The summed E-state index contributed by atoms with van der Waals surface area (Å²) in [5.74, 6) is -2.88. The molecule has 13 heavy (non-hydrogen) atoms. The maximum Gasteiger partial charge on any atom is 0.265 e. The van der Waals surface area contributed by atoms with E-state index >= 15 is 0 Å². The van der Waals surface area contributed by atoms with Crippen molar-refractivity contribution in [3.63, 3.8) is 0 Å². The van der Waals surface area contributed by atoms with E-state index in [-0.39, 0.29) is 0 Å². The molecule has 72 valence electrons. The van der Waals surface area contributed by atoms with Crippen LogP contribution >= 0.6 is 22.3 Å². The van der Waals surface area contributed by atoms with E-state index in [1.807, 2.05) is 0 Å². The van der Waals surface area contributed by atoms with Gasteiger partial charge in [-0.15, -0.1) is 0 Å². The largest absolute Gasteiger partial charge is 0.265 e. The van der Waals surface area contributed by atoms with Gasteiger partial charge in [-0.25, -0.2) is 17.2 Å². The van der Waals surface area contributed by atoms with E-state index in [1.54, 1.807) is 0 Å². The van der Waals surface area contributed by atoms with Crippen molar-refractivity contribution in [1.82, 2.24) is 0 Å². The van der Waals surface area contributed by atoms with Gasteiger partial charge in [-0.2, -0.15) is 0 Å². The summed E-state index contributed by atoms with van der Waals surface area (Å²) in [4.78, 5) is -1.03. The quantitative estimate of drug-likeness (QED) is 0.564. The lowest BCUT2D eigenvalue weighted by atomic mass is 10.3. The summed E-state index contributed by atoms with van der Waals surface area (Å²) in [7, 11) is 0.461. The van der Waals surface area contributed by atoms with Crippen molar-refractivity contribution in [3.8, 4) is 0 Å². The standard InChI is InChI=1S/C6H2Cl2F2O2S/c7-3-1-2-4(9)5(10)6(3)13(8,11)12/h1-2H. The molecule has 1 rings (SSSR count). The van der Waals surface area contributed by atoms with Crippen LogP contribution in [0.2, 0.25) is 5.02 Å². The van der Waals surface area contributed by atoms with E-state index in [2.05, 4.69) is 0 Å². The molecule has 0 amide bonds. The molecule has 0 radical (unpaired) electrons. The molecular weight excluding hydrogens is 245 g/mol. The Morgan fingerprint density at radius 2 is 1.77 bits per heavy atom. The monoisotopic (exact) mass is 246 g/mol. The molecule has 0 N–H and O–H groups in total. The van der Waals surface area contributed by atoms with E-state index in [1.165, 1.54) is 0 Å². The molecule has 0 saturated carbocycles. The zero-order chi connectivity index (χ0) is 10.2. The maximum atomic E-state index is 12.8. The van der Waals surface area contributed by atoms with Gasteiger partial charge in [0.2, 0.25) is 0 Å². The van der Waals surface area contributed by atoms with Crippen LogP contribution in [0.5, 0.6) is 0 Å². The Bertz CT molecular complexity index is 444. The van der Waals surface area contributed by atoms with Crippen molar-refractivity contribution >= 4 is 31.3 Å². The molecule has 0 atom stereocenters. The average Bonchev–Trinajstić information content (AvgIpc) is 1.95. The van der Waals surface area contributed by atoms with Gasteiger partial charge in [0.15, 0.2) is 11.6 Å². The first-order chi connectivity index (χ1) is 5.84. The molecule has 0 fully saturated rings. The highest BCUT2D eigenvalue weighted by molar-refractivity contribution is 8.13. The third kappa shape index (κ3) is 2.10. The Morgan fingerprint density at radius 1 is 1.23 bits per heavy atom. The normalized spacial score (nSPS) is 11.7. The lowest BCUT2D eigenvalue weighted by molar-refractivity contribution is 0.486. The van der Waals surface area contributed by atoms with Gasteiger partial charge in [-0.1, -0.05) is 11.6 Å². The number of rotatable bonds is 1. The Morgan fingerprint density at radius 3 is 2.15 bits per heavy atom. The molecular formula is C6H2Cl2F2O2S. The second-order valence-corrected chi connectivity index (χ2v) is 5.02. The number of hydrogen-bond donors (Lipinski definition) is 0. The highest BCUT2D eigenvalue weighted by Crippen LogP contribution is 2.28. The zero-order valence-corrected chi connectivity index (χ0v) is 8.22. The van der Waals surface area contributed by atoms with Gasteiger partial charge in [0.1, 0.15) is 4.90 Å². The highest BCUT2D eigenvalue weighted by atomic mass is 35.7. The molecule has 0 heterocycles. The van der Waals surface area contributed by atoms with Crippen molar-refractivity contribution in [2.24, 2.45) is 0 Å². The van der Waals surface area contributed by atoms with Crippen LogP contribution in [0.25, 0.3) is 0 Å². The lowest BCUT2D eigenvalue weighted by Crippen LogP contribution is -1.99. The first kappa shape index (κ1) is 10.7. The molecule has 0 spiro atoms. The molecule has 0 aromatic heterocycles. The van der Waals surface area contributed by atoms with E-state index in [0.29, 0.717) is 6.07 Å². The van der Waals surface area contributed by atoms with Gasteiger partial charge in [0, 0.05) is 10.7 Å². The van der Waals surface area contributed by atoms with Crippen molar-refractivity contribution < 1.29 is 17.2 Å². The summed E-state index contributed by atoms with van der Waals surface area (Å²) in [5, 5.41) is -0.450. The fourth-order valence-corrected chi connectivity index (χ4v) is 2.37. The molecule has 0 aliphatic carbocycles. The zero-order valence-electron chi connectivity index (χ0n) is 5.89. The molecule has 0 bridgehead atoms. The fourth-order valence-electron chi connectivity index (χ4n) is 0.732. The first-order valence-electron chi connectivity index (χ1n) is 2.92. The third-order valence-corrected chi connectivity index (χ3v) is 3.02. The second kappa shape index (κ2) is 3.40. The van der Waals surface area contributed by atoms with Crippen LogP contribution in [0.1, 0.15) is 0 Å². The average molecular weight is 247 g/mol. The number of halogens is 4. The topological polar surface area (TPSA) is 34.1 Å². The summed E-state index contributed by atoms with van der Waals surface area (Å²) < 4.78 is 46.8. The van der Waals surface area contributed by atoms with E-state index in [0.717, 1.165) is 6.07 Å². The highest BCUT2D eigenvalue weighted by Gasteiger charge is 2.23. The minimum Gasteiger partial charge on any atom is -0.207 e. The molecule has 7 heteroatoms. The Kier molecular flexibility index (Phi) is 2.79. The van der Waals surface area contributed by atoms with Crippen LogP contribution < -0.4 is 0 Å². The molecule has 0 unspecified atom stereocenters. The van der Waals surface area contributed by atoms with Gasteiger partial charge in [0.05, 0.1) is 5.02 Å². The summed E-state index contributed by atoms with van der Waals surface area (Å²) in [5.41, 5.74) is 0. The van der Waals surface area contributed by atoms with Gasteiger partial charge in [0.25, 0.3) is 9.05 Å². The van der Waals surface area contributed by atoms with Crippen LogP contribution in [0.4, 0.5) is 8.78 Å². The van der Waals surface area contributed by atoms with Crippen molar-refractivity contribution in [2.75, 3.05) is 0 Å². The van der Waals surface area contributed by atoms with Crippen LogP contribution in [0.3, 0.4) is 0 Å². The van der Waals surface area contributed by atoms with E-state index in [4.69, 9.17) is 22.3 Å². The summed E-state index contributed by atoms with van der Waals surface area (Å²) >= 11 is 5.32. The molecule has 0 aliphatic heterocycles. The Balaban J connectivity index is 3.62. The van der Waals surface area contributed by atoms with E-state index < -0.39 is 30.6 Å². The number of benzene rings is 1. The SMILES string of the molecule is O=S(=O)(Cl)c1c(Cl)ccc(F)c1F. The van der Waals surface area contributed by atoms with Crippen LogP contribution in [0.15, 0.2) is 17.0 Å². The minimum absolute atomic E-state index is 0.450. The summed E-state index contributed by atoms with van der Waals surface area (Å²) in [6.07, 6.45) is 0. The molecule has 1 aromatic rings. The van der Waals surface area contributed by atoms with Gasteiger partial charge >= 0.3 is 0 Å². The molecule has 0 aliphatic rings. The Labute approximate surface area is 82.5 Å². The fraction of sp³-hybridized carbons (Fsp3) is 0. The number of hydrogen-bond acceptors (Lipinski definition) is 2. The van der Waals surface area contributed by atoms with Crippen LogP contribution in [-0.4, -0.2) is 8.42 Å². The van der Waals surface area contributed by atoms with E-state index in [9.17, 15) is 17.2 Å². The molecule has 0 saturated heterocycles. The van der Waals surface area contributed by atoms with Gasteiger partial charge in [-0.05, 0) is 12.1 Å².